The second-order valence-corrected chi connectivity index (χ2v) is 5.13. The average Bonchev–Trinajstić information content (AvgIpc) is 2.61. The number of hydrogen-bond acceptors (Lipinski definition) is 5. The Morgan fingerprint density at radius 1 is 1.12 bits per heavy atom. The molecule has 7 nitrogen and oxygen atoms in total. The molecule has 0 spiro atoms. The van der Waals surface area contributed by atoms with Crippen molar-refractivity contribution in [1.29, 1.82) is 0 Å². The zero-order valence-corrected chi connectivity index (χ0v) is 13.6. The second-order valence-electron chi connectivity index (χ2n) is 5.13. The molecule has 1 N–H and O–H groups in total. The van der Waals surface area contributed by atoms with Crippen LogP contribution in [-0.4, -0.2) is 25.1 Å². The average molecular weight is 330 g/mol. The van der Waals surface area contributed by atoms with Gasteiger partial charge in [-0.1, -0.05) is 12.1 Å². The van der Waals surface area contributed by atoms with Crippen LogP contribution in [-0.2, 0) is 4.79 Å². The van der Waals surface area contributed by atoms with Crippen LogP contribution in [0, 0.1) is 10.1 Å². The quantitative estimate of drug-likeness (QED) is 0.648. The highest BCUT2D eigenvalue weighted by Gasteiger charge is 2.18. The molecule has 0 aliphatic heterocycles. The minimum absolute atomic E-state index is 0.0109. The molecular weight excluding hydrogens is 312 g/mol. The Kier molecular flexibility index (Phi) is 5.36. The van der Waals surface area contributed by atoms with Gasteiger partial charge in [0.15, 0.2) is 0 Å². The molecule has 1 unspecified atom stereocenters. The summed E-state index contributed by atoms with van der Waals surface area (Å²) >= 11 is 0. The third-order valence-corrected chi connectivity index (χ3v) is 3.66. The van der Waals surface area contributed by atoms with Gasteiger partial charge in [-0.2, -0.15) is 0 Å². The Labute approximate surface area is 139 Å². The Morgan fingerprint density at radius 2 is 1.79 bits per heavy atom. The fourth-order valence-electron chi connectivity index (χ4n) is 2.18. The van der Waals surface area contributed by atoms with Crippen LogP contribution in [0.3, 0.4) is 0 Å². The predicted molar refractivity (Wildman–Crippen MR) is 89.7 cm³/mol. The summed E-state index contributed by atoms with van der Waals surface area (Å²) in [5.74, 6) is 0.386. The summed E-state index contributed by atoms with van der Waals surface area (Å²) in [5.41, 5.74) is 1.20. The van der Waals surface area contributed by atoms with Gasteiger partial charge < -0.3 is 14.8 Å². The molecule has 0 saturated carbocycles. The molecule has 1 atom stereocenters. The Hall–Kier alpha value is -3.09. The maximum atomic E-state index is 12.4. The third kappa shape index (κ3) is 3.81. The zero-order chi connectivity index (χ0) is 17.7. The molecule has 0 aliphatic rings. The van der Waals surface area contributed by atoms with Crippen molar-refractivity contribution in [2.75, 3.05) is 19.5 Å². The lowest BCUT2D eigenvalue weighted by Gasteiger charge is -2.15. The molecule has 2 aromatic carbocycles. The standard InChI is InChI=1S/C17H18N2O5/c1-11(12-4-6-13(7-5-12)19(21)22)17(20)18-15-9-8-14(23-2)10-16(15)24-3/h4-11H,1-3H3,(H,18,20). The number of methoxy groups -OCH3 is 2. The minimum atomic E-state index is -0.475. The van der Waals surface area contributed by atoms with Gasteiger partial charge in [-0.15, -0.1) is 0 Å². The van der Waals surface area contributed by atoms with E-state index in [0.29, 0.717) is 22.7 Å². The van der Waals surface area contributed by atoms with Crippen molar-refractivity contribution in [2.24, 2.45) is 0 Å². The number of nitro groups is 1. The zero-order valence-electron chi connectivity index (χ0n) is 13.6. The first-order chi connectivity index (χ1) is 11.5. The molecule has 1 amide bonds. The van der Waals surface area contributed by atoms with Crippen molar-refractivity contribution >= 4 is 17.3 Å². The number of ether oxygens (including phenoxy) is 2. The van der Waals surface area contributed by atoms with Crippen LogP contribution >= 0.6 is 0 Å². The van der Waals surface area contributed by atoms with E-state index in [1.54, 1.807) is 44.4 Å². The molecule has 0 aliphatic carbocycles. The van der Waals surface area contributed by atoms with Gasteiger partial charge in [-0.25, -0.2) is 0 Å². The van der Waals surface area contributed by atoms with E-state index in [4.69, 9.17) is 9.47 Å². The molecule has 126 valence electrons. The number of carbonyl (C=O) groups excluding carboxylic acids is 1. The first-order valence-corrected chi connectivity index (χ1v) is 7.23. The van der Waals surface area contributed by atoms with Crippen molar-refractivity contribution in [3.05, 3.63) is 58.1 Å². The van der Waals surface area contributed by atoms with E-state index >= 15 is 0 Å². The molecule has 0 heterocycles. The van der Waals surface area contributed by atoms with Crippen molar-refractivity contribution in [1.82, 2.24) is 0 Å². The molecule has 7 heteroatoms. The molecule has 0 bridgehead atoms. The van der Waals surface area contributed by atoms with Gasteiger partial charge in [0.1, 0.15) is 11.5 Å². The van der Waals surface area contributed by atoms with Gasteiger partial charge in [-0.05, 0) is 24.6 Å². The summed E-state index contributed by atoms with van der Waals surface area (Å²) in [6.45, 7) is 1.73. The largest absolute Gasteiger partial charge is 0.497 e. The number of hydrogen-bond donors (Lipinski definition) is 1. The summed E-state index contributed by atoms with van der Waals surface area (Å²) in [4.78, 5) is 22.6. The number of non-ortho nitro benzene ring substituents is 1. The van der Waals surface area contributed by atoms with E-state index in [9.17, 15) is 14.9 Å². The van der Waals surface area contributed by atoms with Crippen LogP contribution in [0.5, 0.6) is 11.5 Å². The van der Waals surface area contributed by atoms with E-state index in [-0.39, 0.29) is 11.6 Å². The number of benzene rings is 2. The Morgan fingerprint density at radius 3 is 2.33 bits per heavy atom. The van der Waals surface area contributed by atoms with Crippen LogP contribution in [0.1, 0.15) is 18.4 Å². The molecule has 0 aromatic heterocycles. The summed E-state index contributed by atoms with van der Waals surface area (Å²) < 4.78 is 10.4. The van der Waals surface area contributed by atoms with Crippen molar-refractivity contribution in [3.63, 3.8) is 0 Å². The Bertz CT molecular complexity index is 743. The second kappa shape index (κ2) is 7.45. The van der Waals surface area contributed by atoms with Gasteiger partial charge in [0, 0.05) is 18.2 Å². The topological polar surface area (TPSA) is 90.7 Å². The number of amides is 1. The normalized spacial score (nSPS) is 11.5. The highest BCUT2D eigenvalue weighted by molar-refractivity contribution is 5.96. The maximum Gasteiger partial charge on any atom is 0.269 e. The first-order valence-electron chi connectivity index (χ1n) is 7.23. The molecular formula is C17H18N2O5. The van der Waals surface area contributed by atoms with E-state index < -0.39 is 10.8 Å². The van der Waals surface area contributed by atoms with Crippen molar-refractivity contribution < 1.29 is 19.2 Å². The van der Waals surface area contributed by atoms with E-state index in [0.717, 1.165) is 0 Å². The van der Waals surface area contributed by atoms with E-state index in [1.165, 1.54) is 19.2 Å². The van der Waals surface area contributed by atoms with Crippen molar-refractivity contribution in [2.45, 2.75) is 12.8 Å². The molecule has 2 aromatic rings. The van der Waals surface area contributed by atoms with Gasteiger partial charge >= 0.3 is 0 Å². The molecule has 0 fully saturated rings. The van der Waals surface area contributed by atoms with Crippen LogP contribution < -0.4 is 14.8 Å². The summed E-state index contributed by atoms with van der Waals surface area (Å²) in [6.07, 6.45) is 0. The lowest BCUT2D eigenvalue weighted by Crippen LogP contribution is -2.19. The van der Waals surface area contributed by atoms with Crippen LogP contribution in [0.2, 0.25) is 0 Å². The fraction of sp³-hybridized carbons (Fsp3) is 0.235. The smallest absolute Gasteiger partial charge is 0.269 e. The SMILES string of the molecule is COc1ccc(NC(=O)C(C)c2ccc([N+](=O)[O-])cc2)c(OC)c1. The van der Waals surface area contributed by atoms with Crippen molar-refractivity contribution in [3.8, 4) is 11.5 Å². The molecule has 0 saturated heterocycles. The summed E-state index contributed by atoms with van der Waals surface area (Å²) in [6, 6.07) is 11.0. The maximum absolute atomic E-state index is 12.4. The molecule has 24 heavy (non-hydrogen) atoms. The predicted octanol–water partition coefficient (Wildman–Crippen LogP) is 3.35. The summed E-state index contributed by atoms with van der Waals surface area (Å²) in [7, 11) is 3.05. The van der Waals surface area contributed by atoms with Gasteiger partial charge in [0.25, 0.3) is 5.69 Å². The number of carbonyl (C=O) groups is 1. The van der Waals surface area contributed by atoms with Gasteiger partial charge in [0.2, 0.25) is 5.91 Å². The monoisotopic (exact) mass is 330 g/mol. The first kappa shape index (κ1) is 17.3. The lowest BCUT2D eigenvalue weighted by atomic mass is 10.00. The van der Waals surface area contributed by atoms with Gasteiger partial charge in [0.05, 0.1) is 30.7 Å². The summed E-state index contributed by atoms with van der Waals surface area (Å²) in [5, 5.41) is 13.5. The lowest BCUT2D eigenvalue weighted by molar-refractivity contribution is -0.384. The number of nitro benzene ring substituents is 1. The molecule has 2 rings (SSSR count). The third-order valence-electron chi connectivity index (χ3n) is 3.66. The highest BCUT2D eigenvalue weighted by atomic mass is 16.6. The Balaban J connectivity index is 2.15. The fourth-order valence-corrected chi connectivity index (χ4v) is 2.18. The minimum Gasteiger partial charge on any atom is -0.497 e. The van der Waals surface area contributed by atoms with Crippen LogP contribution in [0.15, 0.2) is 42.5 Å². The van der Waals surface area contributed by atoms with Crippen LogP contribution in [0.4, 0.5) is 11.4 Å². The number of rotatable bonds is 6. The number of nitrogens with one attached hydrogen (secondary N) is 1. The van der Waals surface area contributed by atoms with Crippen LogP contribution in [0.25, 0.3) is 0 Å². The number of nitrogens with zero attached hydrogens (tertiary/aromatic N) is 1. The number of anilines is 1. The highest BCUT2D eigenvalue weighted by Crippen LogP contribution is 2.30. The van der Waals surface area contributed by atoms with Gasteiger partial charge in [-0.3, -0.25) is 14.9 Å². The van der Waals surface area contributed by atoms with E-state index in [2.05, 4.69) is 5.32 Å². The van der Waals surface area contributed by atoms with E-state index in [1.807, 2.05) is 0 Å². The molecule has 0 radical (unpaired) electrons.